The molecule has 50 heavy (non-hydrogen) atoms. The molecule has 0 aliphatic carbocycles. The molecule has 0 saturated carbocycles. The molecule has 1 aromatic heterocycles. The van der Waals surface area contributed by atoms with Crippen molar-refractivity contribution >= 4 is 50.6 Å². The van der Waals surface area contributed by atoms with Crippen LogP contribution in [0.3, 0.4) is 0 Å². The second kappa shape index (κ2) is 12.6. The summed E-state index contributed by atoms with van der Waals surface area (Å²) in [5, 5.41) is 35.8. The van der Waals surface area contributed by atoms with E-state index in [1.807, 2.05) is 48.5 Å². The molecule has 1 heterocycles. The maximum atomic E-state index is 9.66. The van der Waals surface area contributed by atoms with E-state index >= 15 is 0 Å². The number of benzene rings is 7. The van der Waals surface area contributed by atoms with Crippen LogP contribution in [0.25, 0.3) is 38.6 Å². The van der Waals surface area contributed by atoms with E-state index < -0.39 is 8.07 Å². The van der Waals surface area contributed by atoms with E-state index in [9.17, 15) is 15.8 Å². The lowest BCUT2D eigenvalue weighted by atomic mass is 10.1. The first-order valence-electron chi connectivity index (χ1n) is 16.4. The van der Waals surface area contributed by atoms with Gasteiger partial charge in [-0.2, -0.15) is 15.8 Å². The third-order valence-corrected chi connectivity index (χ3v) is 14.4. The van der Waals surface area contributed by atoms with Crippen LogP contribution in [-0.2, 0) is 0 Å². The fourth-order valence-electron chi connectivity index (χ4n) is 7.37. The van der Waals surface area contributed by atoms with Gasteiger partial charge in [0.2, 0.25) is 0 Å². The van der Waals surface area contributed by atoms with Gasteiger partial charge in [-0.15, -0.1) is 0 Å². The van der Waals surface area contributed by atoms with Crippen LogP contribution < -0.4 is 20.7 Å². The topological polar surface area (TPSA) is 76.3 Å². The number of nitrogens with zero attached hydrogens (tertiary/aromatic N) is 4. The van der Waals surface area contributed by atoms with E-state index in [1.165, 1.54) is 20.7 Å². The summed E-state index contributed by atoms with van der Waals surface area (Å²) in [5.41, 5.74) is 6.91. The highest BCUT2D eigenvalue weighted by Crippen LogP contribution is 2.34. The van der Waals surface area contributed by atoms with Gasteiger partial charge in [0.25, 0.3) is 0 Å². The number of hydrogen-bond acceptors (Lipinski definition) is 3. The second-order valence-electron chi connectivity index (χ2n) is 12.3. The molecule has 0 bridgehead atoms. The van der Waals surface area contributed by atoms with Crippen LogP contribution in [-0.4, -0.2) is 12.6 Å². The highest BCUT2D eigenvalue weighted by Gasteiger charge is 2.41. The Hall–Kier alpha value is -6.97. The van der Waals surface area contributed by atoms with E-state index in [4.69, 9.17) is 0 Å². The highest BCUT2D eigenvalue weighted by atomic mass is 28.3. The van der Waals surface area contributed by atoms with Crippen molar-refractivity contribution in [1.29, 1.82) is 15.8 Å². The molecule has 8 aromatic rings. The highest BCUT2D eigenvalue weighted by molar-refractivity contribution is 7.19. The Labute approximate surface area is 291 Å². The third-order valence-electron chi connectivity index (χ3n) is 9.62. The maximum Gasteiger partial charge on any atom is 0.179 e. The molecule has 232 valence electrons. The molecular weight excluding hydrogens is 625 g/mol. The molecule has 7 aromatic carbocycles. The molecule has 4 nitrogen and oxygen atoms in total. The average molecular weight is 653 g/mol. The molecule has 5 heteroatoms. The quantitative estimate of drug-likeness (QED) is 0.138. The van der Waals surface area contributed by atoms with Crippen molar-refractivity contribution in [2.45, 2.75) is 0 Å². The van der Waals surface area contributed by atoms with Crippen LogP contribution in [0, 0.1) is 34.0 Å². The third kappa shape index (κ3) is 4.97. The molecule has 0 N–H and O–H groups in total. The van der Waals surface area contributed by atoms with Gasteiger partial charge in [-0.1, -0.05) is 109 Å². The smallest absolute Gasteiger partial charge is 0.179 e. The molecule has 0 amide bonds. The summed E-state index contributed by atoms with van der Waals surface area (Å²) in [6, 6.07) is 65.4. The molecular formula is C45H28N4Si. The van der Waals surface area contributed by atoms with Gasteiger partial charge in [-0.25, -0.2) is 0 Å². The first-order chi connectivity index (χ1) is 24.6. The summed E-state index contributed by atoms with van der Waals surface area (Å²) in [6.45, 7) is 0. The largest absolute Gasteiger partial charge is 0.309 e. The van der Waals surface area contributed by atoms with E-state index in [2.05, 4.69) is 144 Å². The molecule has 0 aliphatic rings. The summed E-state index contributed by atoms with van der Waals surface area (Å²) >= 11 is 0. The van der Waals surface area contributed by atoms with Gasteiger partial charge in [-0.3, -0.25) is 0 Å². The summed E-state index contributed by atoms with van der Waals surface area (Å²) < 4.78 is 2.21. The van der Waals surface area contributed by atoms with Gasteiger partial charge < -0.3 is 4.57 Å². The summed E-state index contributed by atoms with van der Waals surface area (Å²) in [7, 11) is -2.82. The molecule has 0 aliphatic heterocycles. The van der Waals surface area contributed by atoms with Gasteiger partial charge in [0.05, 0.1) is 45.9 Å². The lowest BCUT2D eigenvalue weighted by molar-refractivity contribution is 1.18. The number of fused-ring (bicyclic) bond motifs is 3. The minimum Gasteiger partial charge on any atom is -0.309 e. The van der Waals surface area contributed by atoms with Gasteiger partial charge in [0, 0.05) is 16.5 Å². The minimum absolute atomic E-state index is 0.580. The average Bonchev–Trinajstić information content (AvgIpc) is 3.52. The number of rotatable bonds is 6. The molecule has 0 saturated heterocycles. The van der Waals surface area contributed by atoms with Crippen LogP contribution in [0.4, 0.5) is 0 Å². The Balaban J connectivity index is 1.34. The van der Waals surface area contributed by atoms with Crippen molar-refractivity contribution in [3.8, 4) is 35.0 Å². The van der Waals surface area contributed by atoms with E-state index in [0.29, 0.717) is 16.7 Å². The Morgan fingerprint density at radius 1 is 0.380 bits per heavy atom. The molecule has 8 rings (SSSR count). The molecule has 0 atom stereocenters. The lowest BCUT2D eigenvalue weighted by Gasteiger charge is -2.34. The van der Waals surface area contributed by atoms with Crippen LogP contribution >= 0.6 is 0 Å². The van der Waals surface area contributed by atoms with Gasteiger partial charge in [0.15, 0.2) is 8.07 Å². The monoisotopic (exact) mass is 652 g/mol. The minimum atomic E-state index is -2.82. The normalized spacial score (nSPS) is 11.1. The first-order valence-corrected chi connectivity index (χ1v) is 18.4. The Morgan fingerprint density at radius 2 is 0.840 bits per heavy atom. The Kier molecular flexibility index (Phi) is 7.63. The van der Waals surface area contributed by atoms with Crippen LogP contribution in [0.5, 0.6) is 0 Å². The molecule has 0 spiro atoms. The van der Waals surface area contributed by atoms with Crippen LogP contribution in [0.15, 0.2) is 170 Å². The maximum absolute atomic E-state index is 9.66. The SMILES string of the molecule is N#Cc1ccc([Si](c2ccccc2)(c2ccccc2)c2cccc(-c3cccc(-n4c5ccc(C#N)cc5c5cc(C#N)ccc54)c3)c2)cc1. The van der Waals surface area contributed by atoms with Gasteiger partial charge >= 0.3 is 0 Å². The molecule has 0 fully saturated rings. The van der Waals surface area contributed by atoms with Crippen LogP contribution in [0.1, 0.15) is 16.7 Å². The van der Waals surface area contributed by atoms with Crippen molar-refractivity contribution in [1.82, 2.24) is 4.57 Å². The Morgan fingerprint density at radius 3 is 1.38 bits per heavy atom. The lowest BCUT2D eigenvalue weighted by Crippen LogP contribution is -2.74. The van der Waals surface area contributed by atoms with Crippen molar-refractivity contribution in [3.05, 3.63) is 187 Å². The van der Waals surface area contributed by atoms with Crippen molar-refractivity contribution in [3.63, 3.8) is 0 Å². The van der Waals surface area contributed by atoms with Crippen LogP contribution in [0.2, 0.25) is 0 Å². The summed E-state index contributed by atoms with van der Waals surface area (Å²) in [4.78, 5) is 0. The van der Waals surface area contributed by atoms with Gasteiger partial charge in [-0.05, 0) is 92.5 Å². The number of nitriles is 3. The van der Waals surface area contributed by atoms with E-state index in [-0.39, 0.29) is 0 Å². The second-order valence-corrected chi connectivity index (χ2v) is 16.1. The van der Waals surface area contributed by atoms with Crippen molar-refractivity contribution < 1.29 is 0 Å². The first kappa shape index (κ1) is 30.4. The standard InChI is InChI=1S/C45H28N4Si/c46-29-32-17-21-40(22-18-32)50(38-12-3-1-4-13-38,39-14-5-2-6-15-39)41-16-8-10-36(28-41)35-9-7-11-37(27-35)49-44-23-19-33(30-47)25-42(44)43-26-34(31-48)20-24-45(43)49/h1-28H. The Bertz CT molecular complexity index is 2560. The summed E-state index contributed by atoms with van der Waals surface area (Å²) in [5.74, 6) is 0. The van der Waals surface area contributed by atoms with Gasteiger partial charge in [0.1, 0.15) is 0 Å². The summed E-state index contributed by atoms with van der Waals surface area (Å²) in [6.07, 6.45) is 0. The number of hydrogen-bond donors (Lipinski definition) is 0. The fourth-order valence-corrected chi connectivity index (χ4v) is 12.1. The zero-order valence-corrected chi connectivity index (χ0v) is 28.0. The zero-order valence-electron chi connectivity index (χ0n) is 27.0. The van der Waals surface area contributed by atoms with Crippen molar-refractivity contribution in [2.75, 3.05) is 0 Å². The predicted molar refractivity (Wildman–Crippen MR) is 204 cm³/mol. The fraction of sp³-hybridized carbons (Fsp3) is 0. The van der Waals surface area contributed by atoms with E-state index in [0.717, 1.165) is 38.6 Å². The van der Waals surface area contributed by atoms with Crippen molar-refractivity contribution in [2.24, 2.45) is 0 Å². The number of aromatic nitrogens is 1. The zero-order chi connectivity index (χ0) is 34.1. The molecule has 0 radical (unpaired) electrons. The van der Waals surface area contributed by atoms with E-state index in [1.54, 1.807) is 0 Å². The predicted octanol–water partition coefficient (Wildman–Crippen LogP) is 7.44. The molecule has 0 unspecified atom stereocenters.